The average molecular weight is 343 g/mol. The molecule has 1 aliphatic rings. The van der Waals surface area contributed by atoms with Gasteiger partial charge in [0.2, 0.25) is 0 Å². The SMILES string of the molecule is CC1(c2cccc(NC(=O)c3ccccc3F)c2)CCSC(N)=N1. The lowest BCUT2D eigenvalue weighted by atomic mass is 9.89. The van der Waals surface area contributed by atoms with E-state index in [1.54, 1.807) is 30.0 Å². The minimum Gasteiger partial charge on any atom is -0.379 e. The van der Waals surface area contributed by atoms with Crippen LogP contribution in [0, 0.1) is 5.82 Å². The van der Waals surface area contributed by atoms with Crippen molar-refractivity contribution in [2.75, 3.05) is 11.1 Å². The smallest absolute Gasteiger partial charge is 0.258 e. The second-order valence-electron chi connectivity index (χ2n) is 5.84. The van der Waals surface area contributed by atoms with Crippen molar-refractivity contribution < 1.29 is 9.18 Å². The zero-order valence-corrected chi connectivity index (χ0v) is 14.1. The maximum Gasteiger partial charge on any atom is 0.258 e. The minimum atomic E-state index is -0.542. The molecule has 24 heavy (non-hydrogen) atoms. The molecule has 4 nitrogen and oxygen atoms in total. The first-order valence-corrected chi connectivity index (χ1v) is 8.61. The molecule has 0 spiro atoms. The largest absolute Gasteiger partial charge is 0.379 e. The Hall–Kier alpha value is -2.34. The van der Waals surface area contributed by atoms with Crippen LogP contribution in [0.2, 0.25) is 0 Å². The van der Waals surface area contributed by atoms with Crippen LogP contribution in [0.3, 0.4) is 0 Å². The van der Waals surface area contributed by atoms with E-state index in [0.29, 0.717) is 10.9 Å². The number of nitrogens with zero attached hydrogens (tertiary/aromatic N) is 1. The van der Waals surface area contributed by atoms with E-state index in [1.165, 1.54) is 12.1 Å². The van der Waals surface area contributed by atoms with Crippen molar-refractivity contribution in [2.24, 2.45) is 10.7 Å². The molecule has 0 saturated carbocycles. The lowest BCUT2D eigenvalue weighted by Crippen LogP contribution is -2.28. The fourth-order valence-corrected chi connectivity index (χ4v) is 3.65. The second kappa shape index (κ2) is 6.65. The number of halogens is 1. The summed E-state index contributed by atoms with van der Waals surface area (Å²) in [5.74, 6) is -0.116. The predicted molar refractivity (Wildman–Crippen MR) is 96.8 cm³/mol. The number of thioether (sulfide) groups is 1. The van der Waals surface area contributed by atoms with Crippen molar-refractivity contribution in [2.45, 2.75) is 18.9 Å². The molecule has 1 aliphatic heterocycles. The summed E-state index contributed by atoms with van der Waals surface area (Å²) in [5.41, 5.74) is 7.05. The summed E-state index contributed by atoms with van der Waals surface area (Å²) in [4.78, 5) is 16.8. The number of hydrogen-bond donors (Lipinski definition) is 2. The van der Waals surface area contributed by atoms with Gasteiger partial charge in [0.1, 0.15) is 5.82 Å². The third-order valence-electron chi connectivity index (χ3n) is 4.06. The number of nitrogens with two attached hydrogens (primary N) is 1. The van der Waals surface area contributed by atoms with Crippen LogP contribution in [0.5, 0.6) is 0 Å². The molecule has 1 amide bonds. The molecule has 3 rings (SSSR count). The topological polar surface area (TPSA) is 67.5 Å². The van der Waals surface area contributed by atoms with Crippen LogP contribution < -0.4 is 11.1 Å². The molecular weight excluding hydrogens is 325 g/mol. The monoisotopic (exact) mass is 343 g/mol. The quantitative estimate of drug-likeness (QED) is 0.892. The lowest BCUT2D eigenvalue weighted by molar-refractivity contribution is 0.102. The van der Waals surface area contributed by atoms with Gasteiger partial charge in [-0.3, -0.25) is 9.79 Å². The van der Waals surface area contributed by atoms with Gasteiger partial charge in [-0.15, -0.1) is 0 Å². The summed E-state index contributed by atoms with van der Waals surface area (Å²) in [6.45, 7) is 2.03. The van der Waals surface area contributed by atoms with E-state index < -0.39 is 17.3 Å². The maximum atomic E-state index is 13.7. The summed E-state index contributed by atoms with van der Waals surface area (Å²) >= 11 is 1.55. The number of amidine groups is 1. The van der Waals surface area contributed by atoms with Crippen molar-refractivity contribution in [3.05, 3.63) is 65.5 Å². The Morgan fingerprint density at radius 3 is 2.83 bits per heavy atom. The van der Waals surface area contributed by atoms with Gasteiger partial charge in [-0.1, -0.05) is 36.0 Å². The average Bonchev–Trinajstić information content (AvgIpc) is 2.55. The van der Waals surface area contributed by atoms with E-state index in [1.807, 2.05) is 25.1 Å². The zero-order chi connectivity index (χ0) is 17.2. The molecule has 1 atom stereocenters. The van der Waals surface area contributed by atoms with Crippen molar-refractivity contribution >= 4 is 28.5 Å². The van der Waals surface area contributed by atoms with Gasteiger partial charge < -0.3 is 11.1 Å². The molecule has 1 unspecified atom stereocenters. The molecule has 0 saturated heterocycles. The fourth-order valence-electron chi connectivity index (χ4n) is 2.67. The molecule has 2 aromatic carbocycles. The molecule has 3 N–H and O–H groups in total. The zero-order valence-electron chi connectivity index (χ0n) is 13.3. The van der Waals surface area contributed by atoms with Crippen LogP contribution in [-0.2, 0) is 5.54 Å². The number of carbonyl (C=O) groups excluding carboxylic acids is 1. The third kappa shape index (κ3) is 3.43. The standard InChI is InChI=1S/C18H18FN3OS/c1-18(9-10-24-17(20)22-18)12-5-4-6-13(11-12)21-16(23)14-7-2-3-8-15(14)19/h2-8,11H,9-10H2,1H3,(H2,20,22)(H,21,23). The van der Waals surface area contributed by atoms with Crippen molar-refractivity contribution in [1.82, 2.24) is 0 Å². The normalized spacial score (nSPS) is 20.3. The molecule has 6 heteroatoms. The van der Waals surface area contributed by atoms with Gasteiger partial charge in [-0.05, 0) is 43.2 Å². The van der Waals surface area contributed by atoms with Crippen LogP contribution in [0.1, 0.15) is 29.3 Å². The Morgan fingerprint density at radius 2 is 2.08 bits per heavy atom. The predicted octanol–water partition coefficient (Wildman–Crippen LogP) is 3.74. The van der Waals surface area contributed by atoms with Crippen LogP contribution in [-0.4, -0.2) is 16.8 Å². The summed E-state index contributed by atoms with van der Waals surface area (Å²) in [7, 11) is 0. The number of carbonyl (C=O) groups is 1. The van der Waals surface area contributed by atoms with Crippen LogP contribution in [0.15, 0.2) is 53.5 Å². The second-order valence-corrected chi connectivity index (χ2v) is 6.95. The summed E-state index contributed by atoms with van der Waals surface area (Å²) < 4.78 is 13.7. The van der Waals surface area contributed by atoms with E-state index in [9.17, 15) is 9.18 Å². The van der Waals surface area contributed by atoms with E-state index in [-0.39, 0.29) is 5.56 Å². The lowest BCUT2D eigenvalue weighted by Gasteiger charge is -2.30. The third-order valence-corrected chi connectivity index (χ3v) is 4.85. The molecule has 0 radical (unpaired) electrons. The summed E-state index contributed by atoms with van der Waals surface area (Å²) in [6.07, 6.45) is 0.864. The number of amides is 1. The fraction of sp³-hybridized carbons (Fsp3) is 0.222. The van der Waals surface area contributed by atoms with Gasteiger partial charge in [-0.2, -0.15) is 0 Å². The first-order chi connectivity index (χ1) is 11.5. The van der Waals surface area contributed by atoms with Gasteiger partial charge in [0, 0.05) is 11.4 Å². The van der Waals surface area contributed by atoms with E-state index in [4.69, 9.17) is 5.73 Å². The number of anilines is 1. The highest BCUT2D eigenvalue weighted by Gasteiger charge is 2.29. The molecule has 1 heterocycles. The van der Waals surface area contributed by atoms with E-state index in [2.05, 4.69) is 10.3 Å². The Labute approximate surface area is 144 Å². The highest BCUT2D eigenvalue weighted by Crippen LogP contribution is 2.35. The summed E-state index contributed by atoms with van der Waals surface area (Å²) in [6, 6.07) is 13.4. The minimum absolute atomic E-state index is 0.0189. The van der Waals surface area contributed by atoms with Gasteiger partial charge in [0.25, 0.3) is 5.91 Å². The number of benzene rings is 2. The first-order valence-electron chi connectivity index (χ1n) is 7.62. The molecular formula is C18H18FN3OS. The number of rotatable bonds is 3. The Kier molecular flexibility index (Phi) is 4.57. The molecule has 0 bridgehead atoms. The van der Waals surface area contributed by atoms with Gasteiger partial charge in [0.15, 0.2) is 5.17 Å². The number of nitrogens with one attached hydrogen (secondary N) is 1. The molecule has 2 aromatic rings. The van der Waals surface area contributed by atoms with Gasteiger partial charge >= 0.3 is 0 Å². The maximum absolute atomic E-state index is 13.7. The Bertz CT molecular complexity index is 808. The molecule has 124 valence electrons. The Morgan fingerprint density at radius 1 is 1.29 bits per heavy atom. The van der Waals surface area contributed by atoms with Gasteiger partial charge in [0.05, 0.1) is 11.1 Å². The number of aliphatic imine (C=N–C) groups is 1. The van der Waals surface area contributed by atoms with Gasteiger partial charge in [-0.25, -0.2) is 4.39 Å². The van der Waals surface area contributed by atoms with Crippen molar-refractivity contribution in [1.29, 1.82) is 0 Å². The molecule has 0 aromatic heterocycles. The Balaban J connectivity index is 1.85. The highest BCUT2D eigenvalue weighted by atomic mass is 32.2. The van der Waals surface area contributed by atoms with Crippen LogP contribution >= 0.6 is 11.8 Å². The van der Waals surface area contributed by atoms with Crippen molar-refractivity contribution in [3.8, 4) is 0 Å². The molecule has 0 aliphatic carbocycles. The van der Waals surface area contributed by atoms with Crippen molar-refractivity contribution in [3.63, 3.8) is 0 Å². The van der Waals surface area contributed by atoms with E-state index >= 15 is 0 Å². The first kappa shape index (κ1) is 16.5. The van der Waals surface area contributed by atoms with Crippen LogP contribution in [0.4, 0.5) is 10.1 Å². The van der Waals surface area contributed by atoms with Crippen LogP contribution in [0.25, 0.3) is 0 Å². The summed E-state index contributed by atoms with van der Waals surface area (Å²) in [5, 5.41) is 3.32. The van der Waals surface area contributed by atoms with E-state index in [0.717, 1.165) is 17.7 Å². The number of hydrogen-bond acceptors (Lipinski definition) is 4. The highest BCUT2D eigenvalue weighted by molar-refractivity contribution is 8.13. The molecule has 0 fully saturated rings.